The van der Waals surface area contributed by atoms with Gasteiger partial charge in [0, 0.05) is 0 Å². The van der Waals surface area contributed by atoms with Crippen LogP contribution in [-0.2, 0) is 4.74 Å². The maximum atomic E-state index is 9.43. The van der Waals surface area contributed by atoms with Gasteiger partial charge in [0.2, 0.25) is 0 Å². The minimum absolute atomic E-state index is 0.316. The van der Waals surface area contributed by atoms with Gasteiger partial charge < -0.3 is 25.4 Å². The van der Waals surface area contributed by atoms with Crippen LogP contribution < -0.4 is 5.32 Å². The summed E-state index contributed by atoms with van der Waals surface area (Å²) in [7, 11) is 1.66. The molecule has 5 atom stereocenters. The monoisotopic (exact) mass is 177 g/mol. The molecule has 0 aromatic heterocycles. The number of nitrogens with one attached hydrogen (secondary N) is 1. The fourth-order valence-electron chi connectivity index (χ4n) is 1.45. The van der Waals surface area contributed by atoms with Gasteiger partial charge in [-0.15, -0.1) is 0 Å². The van der Waals surface area contributed by atoms with Gasteiger partial charge in [-0.05, 0) is 14.0 Å². The number of hydrogen-bond donors (Lipinski definition) is 4. The molecular weight excluding hydrogens is 162 g/mol. The largest absolute Gasteiger partial charge is 0.388 e. The zero-order valence-corrected chi connectivity index (χ0v) is 7.14. The van der Waals surface area contributed by atoms with E-state index in [4.69, 9.17) is 9.84 Å². The van der Waals surface area contributed by atoms with Crippen LogP contribution in [0.25, 0.3) is 0 Å². The van der Waals surface area contributed by atoms with Gasteiger partial charge in [0.15, 0.2) is 6.29 Å². The Morgan fingerprint density at radius 3 is 2.25 bits per heavy atom. The molecule has 5 heteroatoms. The second-order valence-corrected chi connectivity index (χ2v) is 3.03. The van der Waals surface area contributed by atoms with Crippen molar-refractivity contribution < 1.29 is 20.1 Å². The van der Waals surface area contributed by atoms with E-state index in [1.807, 2.05) is 0 Å². The van der Waals surface area contributed by atoms with Crippen LogP contribution in [0, 0.1) is 0 Å². The van der Waals surface area contributed by atoms with E-state index in [2.05, 4.69) is 5.32 Å². The Morgan fingerprint density at radius 2 is 1.75 bits per heavy atom. The SMILES string of the molecule is CN[C@@H]1[C@H](O)[C@H](O)[C@@H](O)O[C@H]1C. The first-order valence-electron chi connectivity index (χ1n) is 3.95. The van der Waals surface area contributed by atoms with E-state index in [0.717, 1.165) is 0 Å². The Balaban J connectivity index is 2.65. The number of rotatable bonds is 1. The molecule has 12 heavy (non-hydrogen) atoms. The van der Waals surface area contributed by atoms with Crippen LogP contribution in [0.15, 0.2) is 0 Å². The molecule has 1 aliphatic rings. The van der Waals surface area contributed by atoms with E-state index in [0.29, 0.717) is 0 Å². The molecule has 72 valence electrons. The molecule has 4 N–H and O–H groups in total. The first kappa shape index (κ1) is 9.88. The Morgan fingerprint density at radius 1 is 1.17 bits per heavy atom. The Kier molecular flexibility index (Phi) is 3.03. The number of hydrogen-bond acceptors (Lipinski definition) is 5. The van der Waals surface area contributed by atoms with Crippen molar-refractivity contribution >= 4 is 0 Å². The highest BCUT2D eigenvalue weighted by atomic mass is 16.6. The molecule has 0 aromatic rings. The zero-order chi connectivity index (χ0) is 9.30. The summed E-state index contributed by atoms with van der Waals surface area (Å²) in [4.78, 5) is 0. The van der Waals surface area contributed by atoms with Crippen molar-refractivity contribution in [2.75, 3.05) is 7.05 Å². The highest BCUT2D eigenvalue weighted by Crippen LogP contribution is 2.18. The average molecular weight is 177 g/mol. The molecule has 0 unspecified atom stereocenters. The van der Waals surface area contributed by atoms with Crippen molar-refractivity contribution in [3.63, 3.8) is 0 Å². The second-order valence-electron chi connectivity index (χ2n) is 3.03. The van der Waals surface area contributed by atoms with Crippen molar-refractivity contribution in [1.29, 1.82) is 0 Å². The molecule has 0 aromatic carbocycles. The predicted molar refractivity (Wildman–Crippen MR) is 41.4 cm³/mol. The minimum Gasteiger partial charge on any atom is -0.388 e. The van der Waals surface area contributed by atoms with Crippen molar-refractivity contribution in [3.8, 4) is 0 Å². The number of ether oxygens (including phenoxy) is 1. The van der Waals surface area contributed by atoms with Crippen LogP contribution in [0.5, 0.6) is 0 Å². The predicted octanol–water partition coefficient (Wildman–Crippen LogP) is -1.97. The summed E-state index contributed by atoms with van der Waals surface area (Å²) < 4.78 is 4.96. The lowest BCUT2D eigenvalue weighted by Crippen LogP contribution is -2.60. The fraction of sp³-hybridized carbons (Fsp3) is 1.00. The highest BCUT2D eigenvalue weighted by Gasteiger charge is 2.40. The zero-order valence-electron chi connectivity index (χ0n) is 7.14. The molecule has 0 saturated carbocycles. The third kappa shape index (κ3) is 1.60. The maximum absolute atomic E-state index is 9.43. The third-order valence-corrected chi connectivity index (χ3v) is 2.20. The molecule has 0 amide bonds. The summed E-state index contributed by atoms with van der Waals surface area (Å²) in [6.07, 6.45) is -3.84. The smallest absolute Gasteiger partial charge is 0.183 e. The van der Waals surface area contributed by atoms with Crippen LogP contribution in [0.2, 0.25) is 0 Å². The molecule has 1 saturated heterocycles. The Bertz CT molecular complexity index is 154. The molecule has 0 bridgehead atoms. The van der Waals surface area contributed by atoms with Crippen molar-refractivity contribution in [2.45, 2.75) is 37.6 Å². The molecule has 1 rings (SSSR count). The lowest BCUT2D eigenvalue weighted by molar-refractivity contribution is -0.252. The molecule has 1 heterocycles. The minimum atomic E-state index is -1.29. The average Bonchev–Trinajstić information content (AvgIpc) is 2.01. The van der Waals surface area contributed by atoms with Crippen molar-refractivity contribution in [2.24, 2.45) is 0 Å². The van der Waals surface area contributed by atoms with Gasteiger partial charge in [0.1, 0.15) is 12.2 Å². The van der Waals surface area contributed by atoms with Gasteiger partial charge in [0.25, 0.3) is 0 Å². The number of aliphatic hydroxyl groups excluding tert-OH is 3. The van der Waals surface area contributed by atoms with Crippen LogP contribution in [-0.4, -0.2) is 53.0 Å². The first-order valence-corrected chi connectivity index (χ1v) is 3.95. The van der Waals surface area contributed by atoms with Gasteiger partial charge >= 0.3 is 0 Å². The van der Waals surface area contributed by atoms with Crippen LogP contribution in [0.3, 0.4) is 0 Å². The highest BCUT2D eigenvalue weighted by molar-refractivity contribution is 4.90. The molecule has 0 radical (unpaired) electrons. The molecule has 5 nitrogen and oxygen atoms in total. The first-order chi connectivity index (χ1) is 5.57. The molecular formula is C7H15NO4. The van der Waals surface area contributed by atoms with Crippen LogP contribution in [0.1, 0.15) is 6.92 Å². The van der Waals surface area contributed by atoms with E-state index in [1.54, 1.807) is 14.0 Å². The summed E-state index contributed by atoms with van der Waals surface area (Å²) in [5.74, 6) is 0. The molecule has 1 aliphatic heterocycles. The second kappa shape index (κ2) is 3.68. The quantitative estimate of drug-likeness (QED) is 0.373. The number of likely N-dealkylation sites (N-methyl/N-ethyl adjacent to an activating group) is 1. The molecule has 0 aliphatic carbocycles. The van der Waals surface area contributed by atoms with Gasteiger partial charge in [-0.25, -0.2) is 0 Å². The lowest BCUT2D eigenvalue weighted by atomic mass is 9.97. The third-order valence-electron chi connectivity index (χ3n) is 2.20. The van der Waals surface area contributed by atoms with Crippen molar-refractivity contribution in [3.05, 3.63) is 0 Å². The van der Waals surface area contributed by atoms with Gasteiger partial charge in [0.05, 0.1) is 12.1 Å². The molecule has 0 spiro atoms. The van der Waals surface area contributed by atoms with Gasteiger partial charge in [-0.1, -0.05) is 0 Å². The summed E-state index contributed by atoms with van der Waals surface area (Å²) in [5.41, 5.74) is 0. The molecule has 1 fully saturated rings. The van der Waals surface area contributed by atoms with Crippen LogP contribution >= 0.6 is 0 Å². The lowest BCUT2D eigenvalue weighted by Gasteiger charge is -2.39. The van der Waals surface area contributed by atoms with Crippen LogP contribution in [0.4, 0.5) is 0 Å². The summed E-state index contributed by atoms with van der Waals surface area (Å²) >= 11 is 0. The Labute approximate surface area is 71.0 Å². The standard InChI is InChI=1S/C7H15NO4/c1-3-4(8-2)5(9)6(10)7(11)12-3/h3-11H,1-2H3/t3-,4-,5-,6-,7-/m0/s1. The van der Waals surface area contributed by atoms with E-state index >= 15 is 0 Å². The topological polar surface area (TPSA) is 82.0 Å². The van der Waals surface area contributed by atoms with E-state index < -0.39 is 18.5 Å². The van der Waals surface area contributed by atoms with Crippen molar-refractivity contribution in [1.82, 2.24) is 5.32 Å². The van der Waals surface area contributed by atoms with Gasteiger partial charge in [-0.2, -0.15) is 0 Å². The number of aliphatic hydroxyl groups is 3. The summed E-state index contributed by atoms with van der Waals surface area (Å²) in [6, 6.07) is -0.344. The Hall–Kier alpha value is -0.200. The van der Waals surface area contributed by atoms with Gasteiger partial charge in [-0.3, -0.25) is 0 Å². The van der Waals surface area contributed by atoms with E-state index in [9.17, 15) is 10.2 Å². The summed E-state index contributed by atoms with van der Waals surface area (Å²) in [5, 5.41) is 30.5. The maximum Gasteiger partial charge on any atom is 0.183 e. The van der Waals surface area contributed by atoms with E-state index in [1.165, 1.54) is 0 Å². The fourth-order valence-corrected chi connectivity index (χ4v) is 1.45. The summed E-state index contributed by atoms with van der Waals surface area (Å²) in [6.45, 7) is 1.72. The van der Waals surface area contributed by atoms with E-state index in [-0.39, 0.29) is 12.1 Å². The normalized spacial score (nSPS) is 49.2.